The SMILES string of the molecule is CCCCCCCCCCCCCCOc1cc(C(=O)Nc2ccc(NC(=O)c3cc(OCCCCCCCCCCCCCC)c(OCCCCCCCCCCCCCC)c(OCCCCCCCCCCCCCC)c3)cc2)cc(OCCCCCCCCCCCCCC)c1OCCCCCCCCCCCCCC. The van der Waals surface area contributed by atoms with Crippen LogP contribution in [-0.2, 0) is 0 Å². The Labute approximate surface area is 705 Å². The van der Waals surface area contributed by atoms with Gasteiger partial charge in [-0.2, -0.15) is 0 Å². The van der Waals surface area contributed by atoms with Crippen molar-refractivity contribution in [2.45, 2.75) is 504 Å². The highest BCUT2D eigenvalue weighted by Gasteiger charge is 2.23. The summed E-state index contributed by atoms with van der Waals surface area (Å²) in [4.78, 5) is 29.3. The van der Waals surface area contributed by atoms with Crippen LogP contribution in [0.1, 0.15) is 525 Å². The second-order valence-corrected chi connectivity index (χ2v) is 34.5. The molecular weight excluding hydrogens is 1410 g/mol. The first-order valence-electron chi connectivity index (χ1n) is 50.2. The van der Waals surface area contributed by atoms with Gasteiger partial charge in [0.1, 0.15) is 0 Å². The molecule has 0 aliphatic heterocycles. The molecule has 0 radical (unpaired) electrons. The van der Waals surface area contributed by atoms with E-state index >= 15 is 0 Å². The Balaban J connectivity index is 1.87. The van der Waals surface area contributed by atoms with Crippen LogP contribution >= 0.6 is 0 Å². The van der Waals surface area contributed by atoms with E-state index in [1.54, 1.807) is 0 Å². The Hall–Kier alpha value is -4.60. The van der Waals surface area contributed by atoms with Crippen LogP contribution < -0.4 is 39.1 Å². The zero-order chi connectivity index (χ0) is 81.4. The molecule has 0 saturated heterocycles. The van der Waals surface area contributed by atoms with Crippen molar-refractivity contribution in [3.63, 3.8) is 0 Å². The Bertz CT molecular complexity index is 2310. The predicted molar refractivity (Wildman–Crippen MR) is 495 cm³/mol. The fraction of sp³-hybridized carbons (Fsp3) is 0.808. The van der Waals surface area contributed by atoms with Gasteiger partial charge in [-0.25, -0.2) is 0 Å². The summed E-state index contributed by atoms with van der Waals surface area (Å²) >= 11 is 0. The fourth-order valence-corrected chi connectivity index (χ4v) is 15.9. The highest BCUT2D eigenvalue weighted by molar-refractivity contribution is 6.06. The van der Waals surface area contributed by atoms with E-state index in [1.807, 2.05) is 48.5 Å². The van der Waals surface area contributed by atoms with Crippen molar-refractivity contribution in [1.82, 2.24) is 0 Å². The number of amides is 2. The molecule has 0 aliphatic carbocycles. The second kappa shape index (κ2) is 79.5. The highest BCUT2D eigenvalue weighted by atomic mass is 16.5. The Morgan fingerprint density at radius 2 is 0.325 bits per heavy atom. The lowest BCUT2D eigenvalue weighted by Crippen LogP contribution is -2.15. The number of rotatable bonds is 88. The summed E-state index contributed by atoms with van der Waals surface area (Å²) in [6.45, 7) is 17.1. The van der Waals surface area contributed by atoms with Crippen LogP contribution in [0.2, 0.25) is 0 Å². The van der Waals surface area contributed by atoms with Gasteiger partial charge in [-0.05, 0) is 87.1 Å². The smallest absolute Gasteiger partial charge is 0.255 e. The van der Waals surface area contributed by atoms with Gasteiger partial charge < -0.3 is 39.1 Å². The highest BCUT2D eigenvalue weighted by Crippen LogP contribution is 2.42. The molecule has 0 saturated carbocycles. The molecule has 658 valence electrons. The van der Waals surface area contributed by atoms with Gasteiger partial charge in [0.15, 0.2) is 23.0 Å². The third-order valence-electron chi connectivity index (χ3n) is 23.5. The second-order valence-electron chi connectivity index (χ2n) is 34.5. The minimum absolute atomic E-state index is 0.266. The summed E-state index contributed by atoms with van der Waals surface area (Å²) in [7, 11) is 0. The normalized spacial score (nSPS) is 11.4. The monoisotopic (exact) mass is 1590 g/mol. The van der Waals surface area contributed by atoms with Gasteiger partial charge in [0.05, 0.1) is 39.6 Å². The number of anilines is 2. The molecule has 2 amide bonds. The number of carbonyl (C=O) groups is 2. The number of hydrogen-bond acceptors (Lipinski definition) is 8. The lowest BCUT2D eigenvalue weighted by molar-refractivity contribution is 0.101. The van der Waals surface area contributed by atoms with Gasteiger partial charge in [0.2, 0.25) is 11.5 Å². The van der Waals surface area contributed by atoms with E-state index < -0.39 is 0 Å². The van der Waals surface area contributed by atoms with Crippen LogP contribution in [0, 0.1) is 0 Å². The minimum atomic E-state index is -0.266. The molecule has 0 spiro atoms. The third-order valence-corrected chi connectivity index (χ3v) is 23.5. The summed E-state index contributed by atoms with van der Waals surface area (Å²) in [6.07, 6.45) is 91.8. The molecule has 0 fully saturated rings. The van der Waals surface area contributed by atoms with E-state index in [4.69, 9.17) is 28.4 Å². The molecule has 10 heteroatoms. The average Bonchev–Trinajstić information content (AvgIpc) is 0.817. The lowest BCUT2D eigenvalue weighted by atomic mass is 10.1. The van der Waals surface area contributed by atoms with Gasteiger partial charge in [-0.3, -0.25) is 9.59 Å². The maximum absolute atomic E-state index is 14.7. The number of ether oxygens (including phenoxy) is 6. The van der Waals surface area contributed by atoms with Crippen molar-refractivity contribution in [1.29, 1.82) is 0 Å². The molecule has 0 heterocycles. The molecule has 3 aromatic carbocycles. The number of unbranched alkanes of at least 4 members (excludes halogenated alkanes) is 66. The van der Waals surface area contributed by atoms with Crippen molar-refractivity contribution in [2.24, 2.45) is 0 Å². The van der Waals surface area contributed by atoms with Crippen LogP contribution in [0.25, 0.3) is 0 Å². The molecule has 3 rings (SSSR count). The van der Waals surface area contributed by atoms with Gasteiger partial charge >= 0.3 is 0 Å². The van der Waals surface area contributed by atoms with E-state index in [9.17, 15) is 9.59 Å². The van der Waals surface area contributed by atoms with Crippen molar-refractivity contribution >= 4 is 23.2 Å². The van der Waals surface area contributed by atoms with Crippen LogP contribution in [0.4, 0.5) is 11.4 Å². The van der Waals surface area contributed by atoms with E-state index in [-0.39, 0.29) is 11.8 Å². The number of benzene rings is 3. The number of hydrogen-bond donors (Lipinski definition) is 2. The largest absolute Gasteiger partial charge is 0.490 e. The van der Waals surface area contributed by atoms with Crippen LogP contribution in [0.3, 0.4) is 0 Å². The summed E-state index contributed by atoms with van der Waals surface area (Å²) in [5, 5.41) is 6.39. The first kappa shape index (κ1) is 104. The van der Waals surface area contributed by atoms with Crippen molar-refractivity contribution in [3.8, 4) is 34.5 Å². The molecule has 114 heavy (non-hydrogen) atoms. The third kappa shape index (κ3) is 59.1. The molecule has 10 nitrogen and oxygen atoms in total. The van der Waals surface area contributed by atoms with Gasteiger partial charge in [0, 0.05) is 22.5 Å². The minimum Gasteiger partial charge on any atom is -0.490 e. The van der Waals surface area contributed by atoms with E-state index in [2.05, 4.69) is 52.2 Å². The van der Waals surface area contributed by atoms with E-state index in [0.717, 1.165) is 77.0 Å². The standard InChI is InChI=1S/C104H184N2O8/c1-7-13-19-25-31-37-43-49-55-61-67-73-83-109-97-89-93(90-98(110-84-74-68-62-56-50-44-38-32-26-20-14-8-2)101(97)113-87-77-71-65-59-53-47-41-35-29-23-17-11-5)103(107)105-95-79-81-96(82-80-95)106-104(108)94-91-99(111-85-75-69-63-57-51-45-39-33-27-21-15-9-3)102(114-88-78-72-66-60-54-48-42-36-30-24-18-12-6)100(92-94)112-86-76-70-64-58-52-46-40-34-28-22-16-10-4/h79-82,89-92H,7-78,83-88H2,1-6H3,(H,105,107)(H,106,108). The lowest BCUT2D eigenvalue weighted by Gasteiger charge is -2.19. The number of carbonyl (C=O) groups excluding carboxylic acids is 2. The Morgan fingerprint density at radius 3 is 0.474 bits per heavy atom. The molecule has 3 aromatic rings. The first-order valence-corrected chi connectivity index (χ1v) is 50.2. The van der Waals surface area contributed by atoms with Crippen LogP contribution in [0.5, 0.6) is 34.5 Å². The van der Waals surface area contributed by atoms with Gasteiger partial charge in [0.25, 0.3) is 11.8 Å². The Kier molecular flexibility index (Phi) is 72.3. The zero-order valence-electron chi connectivity index (χ0n) is 76.0. The maximum Gasteiger partial charge on any atom is 0.255 e. The predicted octanol–water partition coefficient (Wildman–Crippen LogP) is 34.7. The summed E-state index contributed by atoms with van der Waals surface area (Å²) in [5.41, 5.74) is 2.13. The molecule has 0 aromatic heterocycles. The van der Waals surface area contributed by atoms with E-state index in [1.165, 1.54) is 385 Å². The molecule has 0 atom stereocenters. The van der Waals surface area contributed by atoms with Gasteiger partial charge in [-0.1, -0.05) is 465 Å². The maximum atomic E-state index is 14.7. The zero-order valence-corrected chi connectivity index (χ0v) is 76.0. The van der Waals surface area contributed by atoms with E-state index in [0.29, 0.717) is 96.6 Å². The van der Waals surface area contributed by atoms with Crippen molar-refractivity contribution in [3.05, 3.63) is 59.7 Å². The summed E-state index contributed by atoms with van der Waals surface area (Å²) in [5.74, 6) is 2.98. The average molecular weight is 1590 g/mol. The molecule has 0 bridgehead atoms. The van der Waals surface area contributed by atoms with Crippen LogP contribution in [0.15, 0.2) is 48.5 Å². The quantitative estimate of drug-likeness (QED) is 0.0537. The molecule has 0 unspecified atom stereocenters. The molecule has 0 aliphatic rings. The van der Waals surface area contributed by atoms with Crippen molar-refractivity contribution in [2.75, 3.05) is 50.3 Å². The van der Waals surface area contributed by atoms with Crippen LogP contribution in [-0.4, -0.2) is 51.5 Å². The van der Waals surface area contributed by atoms with Gasteiger partial charge in [-0.15, -0.1) is 0 Å². The summed E-state index contributed by atoms with van der Waals surface area (Å²) < 4.78 is 40.4. The summed E-state index contributed by atoms with van der Waals surface area (Å²) in [6, 6.07) is 14.9. The topological polar surface area (TPSA) is 114 Å². The first-order chi connectivity index (χ1) is 56.4. The fourth-order valence-electron chi connectivity index (χ4n) is 15.9. The number of nitrogens with one attached hydrogen (secondary N) is 2. The molecule has 2 N–H and O–H groups in total. The Morgan fingerprint density at radius 1 is 0.193 bits per heavy atom. The van der Waals surface area contributed by atoms with Crippen molar-refractivity contribution < 1.29 is 38.0 Å². The molecular formula is C104H184N2O8.